The van der Waals surface area contributed by atoms with Crippen molar-refractivity contribution in [3.05, 3.63) is 227 Å². The van der Waals surface area contributed by atoms with Crippen LogP contribution >= 0.6 is 0 Å². The molecular formula is C53H48N2O8. The van der Waals surface area contributed by atoms with E-state index in [1.165, 1.54) is 5.56 Å². The minimum Gasteiger partial charge on any atom is -0.508 e. The Kier molecular flexibility index (Phi) is 13.9. The van der Waals surface area contributed by atoms with E-state index in [0.717, 1.165) is 77.0 Å². The highest BCUT2D eigenvalue weighted by Crippen LogP contribution is 2.41. The number of para-hydroxylation sites is 4. The number of aromatic hydroxyl groups is 1. The van der Waals surface area contributed by atoms with Crippen LogP contribution in [0.4, 0.5) is 5.69 Å². The first-order chi connectivity index (χ1) is 31.0. The zero-order chi connectivity index (χ0) is 43.2. The standard InChI is InChI=1S/C32H28N2O4.C13H14O2.C8H6O2/c1-3-14-29-24(8-1)20-34(21-26-12-7-17-36-26)32(38-29)23-10-5-9-22(18-23)31-28(19-25-11-6-16-35-25)33-27-13-2-4-15-30(27)37-31;14-13-9-2-1-5-11(13)6-3-7-12-8-4-10-15-12;9-5-7-2-1-3-8(4-7)6-10/h1-18,28,31-33H,19-21H2;1-2,4-5,8-10,14H,3,6-7H2;1-6H. The van der Waals surface area contributed by atoms with Gasteiger partial charge < -0.3 is 33.1 Å². The molecule has 0 bridgehead atoms. The Bertz CT molecular complexity index is 2520. The summed E-state index contributed by atoms with van der Waals surface area (Å²) in [7, 11) is 0. The molecule has 0 saturated carbocycles. The lowest BCUT2D eigenvalue weighted by Crippen LogP contribution is -2.37. The maximum Gasteiger partial charge on any atom is 0.179 e. The van der Waals surface area contributed by atoms with Crippen molar-refractivity contribution in [3.63, 3.8) is 0 Å². The van der Waals surface area contributed by atoms with E-state index in [1.807, 2.05) is 84.9 Å². The number of hydrogen-bond donors (Lipinski definition) is 2. The number of phenolic OH excluding ortho intramolecular Hbond substituents is 1. The lowest BCUT2D eigenvalue weighted by Gasteiger charge is -2.38. The quantitative estimate of drug-likeness (QED) is 0.115. The number of furan rings is 3. The van der Waals surface area contributed by atoms with Crippen LogP contribution < -0.4 is 14.8 Å². The number of anilines is 1. The maximum atomic E-state index is 10.2. The van der Waals surface area contributed by atoms with Gasteiger partial charge in [-0.1, -0.05) is 84.9 Å². The minimum atomic E-state index is -0.262. The molecule has 0 saturated heterocycles. The summed E-state index contributed by atoms with van der Waals surface area (Å²) in [6.07, 6.45) is 9.58. The summed E-state index contributed by atoms with van der Waals surface area (Å²) in [5.41, 5.74) is 6.39. The number of carbonyl (C=O) groups is 2. The van der Waals surface area contributed by atoms with Gasteiger partial charge in [0.25, 0.3) is 0 Å². The number of rotatable bonds is 12. The molecule has 5 aromatic carbocycles. The van der Waals surface area contributed by atoms with E-state index in [9.17, 15) is 14.7 Å². The monoisotopic (exact) mass is 840 g/mol. The van der Waals surface area contributed by atoms with Crippen molar-refractivity contribution in [3.8, 4) is 17.2 Å². The molecule has 5 heterocycles. The van der Waals surface area contributed by atoms with Gasteiger partial charge in [-0.2, -0.15) is 0 Å². The van der Waals surface area contributed by atoms with Crippen LogP contribution in [-0.2, 0) is 32.4 Å². The number of nitrogens with zero attached hydrogens (tertiary/aromatic N) is 1. The van der Waals surface area contributed by atoms with Crippen molar-refractivity contribution in [2.24, 2.45) is 0 Å². The number of benzene rings is 5. The lowest BCUT2D eigenvalue weighted by atomic mass is 9.94. The summed E-state index contributed by atoms with van der Waals surface area (Å²) >= 11 is 0. The van der Waals surface area contributed by atoms with Crippen molar-refractivity contribution in [2.75, 3.05) is 5.32 Å². The van der Waals surface area contributed by atoms with E-state index in [1.54, 1.807) is 49.1 Å². The predicted molar refractivity (Wildman–Crippen MR) is 240 cm³/mol. The molecule has 2 aliphatic heterocycles. The van der Waals surface area contributed by atoms with Gasteiger partial charge in [0.1, 0.15) is 53.2 Å². The van der Waals surface area contributed by atoms with E-state index in [-0.39, 0.29) is 18.4 Å². The summed E-state index contributed by atoms with van der Waals surface area (Å²) in [5, 5.41) is 13.2. The van der Waals surface area contributed by atoms with Gasteiger partial charge in [-0.25, -0.2) is 0 Å². The summed E-state index contributed by atoms with van der Waals surface area (Å²) in [5.74, 6) is 4.98. The van der Waals surface area contributed by atoms with Crippen LogP contribution in [0.15, 0.2) is 190 Å². The zero-order valence-corrected chi connectivity index (χ0v) is 34.6. The first-order valence-corrected chi connectivity index (χ1v) is 21.0. The fourth-order valence-electron chi connectivity index (χ4n) is 7.78. The third-order valence-electron chi connectivity index (χ3n) is 10.9. The molecule has 2 N–H and O–H groups in total. The minimum absolute atomic E-state index is 0.00137. The van der Waals surface area contributed by atoms with Crippen molar-refractivity contribution in [2.45, 2.75) is 57.1 Å². The molecule has 10 nitrogen and oxygen atoms in total. The van der Waals surface area contributed by atoms with Crippen LogP contribution in [0.5, 0.6) is 17.2 Å². The molecule has 2 aliphatic rings. The van der Waals surface area contributed by atoms with Crippen LogP contribution in [0.2, 0.25) is 0 Å². The molecule has 3 unspecified atom stereocenters. The SMILES string of the molecule is O=Cc1cccc(C=O)c1.Oc1ccccc1CCCc1ccco1.c1cc(C2Oc3ccccc3NC2Cc2ccco2)cc(C2Oc3ccccc3CN2Cc2ccco2)c1. The van der Waals surface area contributed by atoms with E-state index >= 15 is 0 Å². The fourth-order valence-corrected chi connectivity index (χ4v) is 7.78. The maximum absolute atomic E-state index is 10.2. The van der Waals surface area contributed by atoms with Crippen molar-refractivity contribution >= 4 is 18.3 Å². The molecule has 0 amide bonds. The molecule has 8 aromatic rings. The average molecular weight is 841 g/mol. The molecule has 3 aromatic heterocycles. The summed E-state index contributed by atoms with van der Waals surface area (Å²) in [6, 6.07) is 50.6. The number of hydrogen-bond acceptors (Lipinski definition) is 10. The van der Waals surface area contributed by atoms with Crippen molar-refractivity contribution in [1.29, 1.82) is 0 Å². The molecular weight excluding hydrogens is 793 g/mol. The van der Waals surface area contributed by atoms with Gasteiger partial charge in [0.15, 0.2) is 6.23 Å². The average Bonchev–Trinajstić information content (AvgIpc) is 4.16. The molecule has 63 heavy (non-hydrogen) atoms. The molecule has 0 aliphatic carbocycles. The molecule has 10 rings (SSSR count). The number of carbonyl (C=O) groups excluding carboxylic acids is 2. The van der Waals surface area contributed by atoms with Crippen LogP contribution in [-0.4, -0.2) is 28.6 Å². The van der Waals surface area contributed by atoms with Crippen LogP contribution in [0, 0.1) is 0 Å². The van der Waals surface area contributed by atoms with Crippen molar-refractivity contribution < 1.29 is 37.4 Å². The number of nitrogens with one attached hydrogen (secondary N) is 1. The number of aldehydes is 2. The molecule has 3 atom stereocenters. The second-order valence-electron chi connectivity index (χ2n) is 15.3. The fraction of sp³-hybridized carbons (Fsp3) is 0.170. The van der Waals surface area contributed by atoms with Gasteiger partial charge >= 0.3 is 0 Å². The van der Waals surface area contributed by atoms with Gasteiger partial charge in [0, 0.05) is 41.6 Å². The number of fused-ring (bicyclic) bond motifs is 2. The van der Waals surface area contributed by atoms with E-state index in [4.69, 9.17) is 22.7 Å². The molecule has 318 valence electrons. The Balaban J connectivity index is 0.000000177. The van der Waals surface area contributed by atoms with E-state index in [2.05, 4.69) is 52.7 Å². The van der Waals surface area contributed by atoms with Gasteiger partial charge in [-0.3, -0.25) is 14.5 Å². The Morgan fingerprint density at radius 3 is 1.98 bits per heavy atom. The summed E-state index contributed by atoms with van der Waals surface area (Å²) in [4.78, 5) is 22.6. The summed E-state index contributed by atoms with van der Waals surface area (Å²) < 4.78 is 29.8. The van der Waals surface area contributed by atoms with E-state index in [0.29, 0.717) is 42.4 Å². The third kappa shape index (κ3) is 11.0. The van der Waals surface area contributed by atoms with Crippen LogP contribution in [0.3, 0.4) is 0 Å². The van der Waals surface area contributed by atoms with Gasteiger partial charge in [-0.05, 0) is 96.8 Å². The first kappa shape index (κ1) is 42.1. The van der Waals surface area contributed by atoms with Crippen LogP contribution in [0.25, 0.3) is 0 Å². The number of aryl methyl sites for hydroxylation is 2. The number of phenols is 1. The Labute approximate surface area is 366 Å². The topological polar surface area (TPSA) is 128 Å². The Morgan fingerprint density at radius 1 is 0.603 bits per heavy atom. The van der Waals surface area contributed by atoms with Gasteiger partial charge in [0.05, 0.1) is 37.1 Å². The van der Waals surface area contributed by atoms with Crippen LogP contribution in [0.1, 0.15) is 79.0 Å². The molecule has 0 radical (unpaired) electrons. The van der Waals surface area contributed by atoms with Crippen molar-refractivity contribution in [1.82, 2.24) is 4.90 Å². The second kappa shape index (κ2) is 20.8. The highest BCUT2D eigenvalue weighted by Gasteiger charge is 2.34. The first-order valence-electron chi connectivity index (χ1n) is 21.0. The smallest absolute Gasteiger partial charge is 0.179 e. The molecule has 0 fully saturated rings. The largest absolute Gasteiger partial charge is 0.508 e. The third-order valence-corrected chi connectivity index (χ3v) is 10.9. The molecule has 10 heteroatoms. The zero-order valence-electron chi connectivity index (χ0n) is 34.6. The Morgan fingerprint density at radius 2 is 1.25 bits per heavy atom. The Hall–Kier alpha value is -7.56. The second-order valence-corrected chi connectivity index (χ2v) is 15.3. The number of ether oxygens (including phenoxy) is 2. The molecule has 0 spiro atoms. The highest BCUT2D eigenvalue weighted by molar-refractivity contribution is 5.81. The van der Waals surface area contributed by atoms with E-state index < -0.39 is 0 Å². The van der Waals surface area contributed by atoms with Gasteiger partial charge in [0.2, 0.25) is 0 Å². The highest BCUT2D eigenvalue weighted by atomic mass is 16.5. The summed E-state index contributed by atoms with van der Waals surface area (Å²) in [6.45, 7) is 1.41. The lowest BCUT2D eigenvalue weighted by molar-refractivity contribution is -0.0130. The predicted octanol–water partition coefficient (Wildman–Crippen LogP) is 11.6. The normalized spacial score (nSPS) is 16.2. The van der Waals surface area contributed by atoms with Gasteiger partial charge in [-0.15, -0.1) is 0 Å².